The molecular formula is C14H19ClFN3O. The lowest BCUT2D eigenvalue weighted by Gasteiger charge is -2.13. The van der Waals surface area contributed by atoms with Gasteiger partial charge in [-0.15, -0.1) is 0 Å². The zero-order valence-electron chi connectivity index (χ0n) is 11.6. The second kappa shape index (κ2) is 6.41. The summed E-state index contributed by atoms with van der Waals surface area (Å²) in [7, 11) is 1.63. The molecule has 0 heterocycles. The first kappa shape index (κ1) is 15.1. The van der Waals surface area contributed by atoms with Crippen LogP contribution < -0.4 is 11.1 Å². The van der Waals surface area contributed by atoms with Gasteiger partial charge in [0.25, 0.3) is 0 Å². The molecule has 110 valence electrons. The molecule has 1 saturated carbocycles. The highest BCUT2D eigenvalue weighted by Crippen LogP contribution is 2.46. The van der Waals surface area contributed by atoms with E-state index in [0.29, 0.717) is 23.2 Å². The van der Waals surface area contributed by atoms with Crippen molar-refractivity contribution in [3.8, 4) is 0 Å². The molecule has 6 heteroatoms. The number of guanidine groups is 1. The molecule has 20 heavy (non-hydrogen) atoms. The number of ether oxygens (including phenoxy) is 1. The van der Waals surface area contributed by atoms with E-state index in [9.17, 15) is 4.39 Å². The van der Waals surface area contributed by atoms with Crippen molar-refractivity contribution in [1.29, 1.82) is 0 Å². The van der Waals surface area contributed by atoms with Crippen molar-refractivity contribution < 1.29 is 9.13 Å². The van der Waals surface area contributed by atoms with E-state index in [1.54, 1.807) is 19.2 Å². The van der Waals surface area contributed by atoms with Crippen LogP contribution in [0.15, 0.2) is 23.2 Å². The molecule has 1 unspecified atom stereocenters. The Balaban J connectivity index is 1.98. The van der Waals surface area contributed by atoms with Crippen LogP contribution in [-0.4, -0.2) is 31.8 Å². The fraction of sp³-hybridized carbons (Fsp3) is 0.500. The predicted molar refractivity (Wildman–Crippen MR) is 78.7 cm³/mol. The van der Waals surface area contributed by atoms with E-state index in [0.717, 1.165) is 6.42 Å². The average molecular weight is 300 g/mol. The molecule has 3 atom stereocenters. The number of benzene rings is 1. The van der Waals surface area contributed by atoms with Gasteiger partial charge >= 0.3 is 0 Å². The van der Waals surface area contributed by atoms with E-state index < -0.39 is 0 Å². The first-order chi connectivity index (χ1) is 9.52. The van der Waals surface area contributed by atoms with Gasteiger partial charge in [-0.05, 0) is 25.5 Å². The molecular weight excluding hydrogens is 281 g/mol. The number of aliphatic imine (C=N–C) groups is 1. The van der Waals surface area contributed by atoms with Gasteiger partial charge in [0.1, 0.15) is 5.82 Å². The summed E-state index contributed by atoms with van der Waals surface area (Å²) in [5, 5.41) is 3.48. The third kappa shape index (κ3) is 3.61. The summed E-state index contributed by atoms with van der Waals surface area (Å²) in [5.41, 5.74) is 6.36. The number of hydrogen-bond acceptors (Lipinski definition) is 2. The smallest absolute Gasteiger partial charge is 0.189 e. The summed E-state index contributed by atoms with van der Waals surface area (Å²) in [4.78, 5) is 4.35. The molecule has 1 aromatic rings. The second-order valence-corrected chi connectivity index (χ2v) is 5.47. The summed E-state index contributed by atoms with van der Waals surface area (Å²) in [6.07, 6.45) is 0.766. The zero-order valence-corrected chi connectivity index (χ0v) is 12.3. The first-order valence-corrected chi connectivity index (χ1v) is 6.93. The lowest BCUT2D eigenvalue weighted by Crippen LogP contribution is -2.40. The van der Waals surface area contributed by atoms with Crippen LogP contribution in [0.2, 0.25) is 5.02 Å². The minimum Gasteiger partial charge on any atom is -0.383 e. The van der Waals surface area contributed by atoms with Gasteiger partial charge in [0.2, 0.25) is 0 Å². The molecule has 0 aromatic heterocycles. The molecule has 1 aliphatic rings. The van der Waals surface area contributed by atoms with E-state index in [4.69, 9.17) is 22.1 Å². The summed E-state index contributed by atoms with van der Waals surface area (Å²) in [6.45, 7) is 2.49. The fourth-order valence-corrected chi connectivity index (χ4v) is 2.56. The quantitative estimate of drug-likeness (QED) is 0.648. The van der Waals surface area contributed by atoms with Gasteiger partial charge in [0.05, 0.1) is 12.6 Å². The molecule has 1 aliphatic carbocycles. The number of nitrogens with one attached hydrogen (secondary N) is 1. The maximum absolute atomic E-state index is 13.8. The Hall–Kier alpha value is -1.33. The Labute approximate surface area is 123 Å². The standard InChI is InChI=1S/C14H19ClFN3O/c1-8(7-20-2)18-14(17)19-12-6-9(12)13-10(15)4-3-5-11(13)16/h3-5,8-9,12H,6-7H2,1-2H3,(H3,17,18,19)/t8?,9-,12-/m1/s1. The van der Waals surface area contributed by atoms with Gasteiger partial charge in [0, 0.05) is 29.7 Å². The van der Waals surface area contributed by atoms with Crippen molar-refractivity contribution in [3.63, 3.8) is 0 Å². The van der Waals surface area contributed by atoms with Crippen molar-refractivity contribution >= 4 is 17.6 Å². The van der Waals surface area contributed by atoms with Gasteiger partial charge in [-0.2, -0.15) is 0 Å². The molecule has 0 saturated heterocycles. The monoisotopic (exact) mass is 299 g/mol. The van der Waals surface area contributed by atoms with Crippen LogP contribution in [0.25, 0.3) is 0 Å². The minimum atomic E-state index is -0.278. The molecule has 1 fully saturated rings. The van der Waals surface area contributed by atoms with E-state index in [1.807, 2.05) is 6.92 Å². The van der Waals surface area contributed by atoms with Crippen LogP contribution in [0.4, 0.5) is 4.39 Å². The van der Waals surface area contributed by atoms with E-state index >= 15 is 0 Å². The SMILES string of the molecule is COCC(C)NC(N)=N[C@@H]1C[C@H]1c1c(F)cccc1Cl. The Kier molecular flexibility index (Phi) is 4.83. The number of nitrogens with zero attached hydrogens (tertiary/aromatic N) is 1. The highest BCUT2D eigenvalue weighted by atomic mass is 35.5. The molecule has 4 nitrogen and oxygen atoms in total. The minimum absolute atomic E-state index is 0.00774. The zero-order chi connectivity index (χ0) is 14.7. The summed E-state index contributed by atoms with van der Waals surface area (Å²) >= 11 is 6.04. The first-order valence-electron chi connectivity index (χ1n) is 6.55. The molecule has 0 bridgehead atoms. The molecule has 3 N–H and O–H groups in total. The molecule has 0 radical (unpaired) electrons. The van der Waals surface area contributed by atoms with Gasteiger partial charge in [0.15, 0.2) is 5.96 Å². The fourth-order valence-electron chi connectivity index (χ4n) is 2.26. The number of nitrogens with two attached hydrogens (primary N) is 1. The van der Waals surface area contributed by atoms with Crippen molar-refractivity contribution in [2.75, 3.05) is 13.7 Å². The van der Waals surface area contributed by atoms with Crippen molar-refractivity contribution in [2.45, 2.75) is 31.3 Å². The van der Waals surface area contributed by atoms with Crippen LogP contribution in [0.3, 0.4) is 0 Å². The van der Waals surface area contributed by atoms with Crippen LogP contribution in [0.1, 0.15) is 24.8 Å². The van der Waals surface area contributed by atoms with Gasteiger partial charge in [-0.1, -0.05) is 17.7 Å². The lowest BCUT2D eigenvalue weighted by molar-refractivity contribution is 0.179. The van der Waals surface area contributed by atoms with Crippen molar-refractivity contribution in [2.24, 2.45) is 10.7 Å². The molecule has 0 aliphatic heterocycles. The second-order valence-electron chi connectivity index (χ2n) is 5.06. The number of rotatable bonds is 5. The molecule has 0 spiro atoms. The highest BCUT2D eigenvalue weighted by Gasteiger charge is 2.41. The Bertz CT molecular complexity index is 489. The van der Waals surface area contributed by atoms with Crippen LogP contribution in [0.5, 0.6) is 0 Å². The maximum atomic E-state index is 13.8. The topological polar surface area (TPSA) is 59.6 Å². The van der Waals surface area contributed by atoms with Gasteiger partial charge in [-0.3, -0.25) is 0 Å². The largest absolute Gasteiger partial charge is 0.383 e. The maximum Gasteiger partial charge on any atom is 0.189 e. The third-order valence-corrected chi connectivity index (χ3v) is 3.57. The average Bonchev–Trinajstić information content (AvgIpc) is 3.07. The molecule has 2 rings (SSSR count). The normalized spacial score (nSPS) is 23.5. The number of hydrogen-bond donors (Lipinski definition) is 2. The predicted octanol–water partition coefficient (Wildman–Crippen LogP) is 2.27. The van der Waals surface area contributed by atoms with E-state index in [2.05, 4.69) is 10.3 Å². The Morgan fingerprint density at radius 1 is 1.65 bits per heavy atom. The summed E-state index contributed by atoms with van der Waals surface area (Å²) < 4.78 is 18.8. The Morgan fingerprint density at radius 3 is 3.05 bits per heavy atom. The van der Waals surface area contributed by atoms with Gasteiger partial charge < -0.3 is 15.8 Å². The van der Waals surface area contributed by atoms with E-state index in [-0.39, 0.29) is 23.8 Å². The van der Waals surface area contributed by atoms with E-state index in [1.165, 1.54) is 6.07 Å². The molecule has 0 amide bonds. The summed E-state index contributed by atoms with van der Waals surface area (Å²) in [6, 6.07) is 4.79. The van der Waals surface area contributed by atoms with Crippen LogP contribution in [-0.2, 0) is 4.74 Å². The van der Waals surface area contributed by atoms with Crippen molar-refractivity contribution in [3.05, 3.63) is 34.6 Å². The molecule has 1 aromatic carbocycles. The lowest BCUT2D eigenvalue weighted by atomic mass is 10.1. The highest BCUT2D eigenvalue weighted by molar-refractivity contribution is 6.31. The van der Waals surface area contributed by atoms with Crippen LogP contribution in [0, 0.1) is 5.82 Å². The Morgan fingerprint density at radius 2 is 2.40 bits per heavy atom. The summed E-state index contributed by atoms with van der Waals surface area (Å²) in [5.74, 6) is 0.0933. The number of methoxy groups -OCH3 is 1. The third-order valence-electron chi connectivity index (χ3n) is 3.24. The van der Waals surface area contributed by atoms with Crippen molar-refractivity contribution in [1.82, 2.24) is 5.32 Å². The number of halogens is 2. The van der Waals surface area contributed by atoms with Crippen LogP contribution >= 0.6 is 11.6 Å². The van der Waals surface area contributed by atoms with Gasteiger partial charge in [-0.25, -0.2) is 9.38 Å².